The molecule has 1 atom stereocenters. The molecular formula is C14H20Cl2Ti. The van der Waals surface area contributed by atoms with Crippen molar-refractivity contribution < 1.29 is 21.7 Å². The third-order valence-electron chi connectivity index (χ3n) is 2.82. The molecule has 94 valence electrons. The van der Waals surface area contributed by atoms with Crippen molar-refractivity contribution >= 4 is 24.8 Å². The Morgan fingerprint density at radius 1 is 1.18 bits per heavy atom. The monoisotopic (exact) mass is 306 g/mol. The molecule has 0 aromatic rings. The second-order valence-electron chi connectivity index (χ2n) is 3.80. The smallest absolute Gasteiger partial charge is 0.273 e. The Morgan fingerprint density at radius 3 is 1.88 bits per heavy atom. The predicted octanol–water partition coefficient (Wildman–Crippen LogP) is 4.87. The molecule has 0 aromatic heterocycles. The van der Waals surface area contributed by atoms with Gasteiger partial charge < -0.3 is 0 Å². The van der Waals surface area contributed by atoms with Gasteiger partial charge in [0.05, 0.1) is 0 Å². The van der Waals surface area contributed by atoms with E-state index >= 15 is 0 Å². The molecule has 2 aliphatic rings. The van der Waals surface area contributed by atoms with E-state index in [1.165, 1.54) is 16.7 Å². The van der Waals surface area contributed by atoms with Crippen LogP contribution < -0.4 is 0 Å². The number of hydrogen-bond acceptors (Lipinski definition) is 0. The third kappa shape index (κ3) is 7.31. The Balaban J connectivity index is -0.000000216. The summed E-state index contributed by atoms with van der Waals surface area (Å²) in [7, 11) is 0. The van der Waals surface area contributed by atoms with Gasteiger partial charge in [-0.3, -0.25) is 12.2 Å². The van der Waals surface area contributed by atoms with Gasteiger partial charge in [-0.05, 0) is 0 Å². The summed E-state index contributed by atoms with van der Waals surface area (Å²) in [6.45, 7) is 8.67. The largest absolute Gasteiger partial charge is 2.00 e. The molecule has 0 saturated carbocycles. The molecule has 3 heteroatoms. The molecule has 1 unspecified atom stereocenters. The molecule has 0 amide bonds. The van der Waals surface area contributed by atoms with E-state index in [0.717, 1.165) is 6.42 Å². The molecule has 0 radical (unpaired) electrons. The predicted molar refractivity (Wildman–Crippen MR) is 76.0 cm³/mol. The topological polar surface area (TPSA) is 0 Å². The average Bonchev–Trinajstić information content (AvgIpc) is 2.78. The minimum absolute atomic E-state index is 0. The minimum Gasteiger partial charge on any atom is -0.273 e. The summed E-state index contributed by atoms with van der Waals surface area (Å²) in [6.07, 6.45) is 13.4. The van der Waals surface area contributed by atoms with Gasteiger partial charge in [-0.25, -0.2) is 17.7 Å². The van der Waals surface area contributed by atoms with Crippen molar-refractivity contribution in [3.05, 3.63) is 47.1 Å². The van der Waals surface area contributed by atoms with Gasteiger partial charge in [-0.2, -0.15) is 17.2 Å². The van der Waals surface area contributed by atoms with Crippen LogP contribution in [0.25, 0.3) is 0 Å². The van der Waals surface area contributed by atoms with E-state index in [1.807, 2.05) is 12.2 Å². The maximum Gasteiger partial charge on any atom is 2.00 e. The molecule has 0 aromatic carbocycles. The Morgan fingerprint density at radius 2 is 1.76 bits per heavy atom. The van der Waals surface area contributed by atoms with Crippen LogP contribution in [0.5, 0.6) is 0 Å². The summed E-state index contributed by atoms with van der Waals surface area (Å²) in [6, 6.07) is 0. The molecule has 0 aliphatic heterocycles. The first-order valence-electron chi connectivity index (χ1n) is 5.12. The van der Waals surface area contributed by atoms with Crippen LogP contribution >= 0.6 is 24.8 Å². The SMILES string of the molecule is CC1=[C-]C(C)C(C)=C1C.Cl.Cl.[C-]1=CC=CC1.[Ti+2]. The van der Waals surface area contributed by atoms with E-state index in [1.54, 1.807) is 0 Å². The standard InChI is InChI=1S/C9H13.C5H5.2ClH.Ti/c1-6-5-7(2)9(4)8(6)3;1-2-4-5-3-1;;;/h6H,1-4H3;1-3H,4H2;2*1H;/q2*-1;;;+2. The first kappa shape index (κ1) is 22.4. The summed E-state index contributed by atoms with van der Waals surface area (Å²) < 4.78 is 0. The van der Waals surface area contributed by atoms with Gasteiger partial charge in [0.25, 0.3) is 0 Å². The summed E-state index contributed by atoms with van der Waals surface area (Å²) in [4.78, 5) is 0. The summed E-state index contributed by atoms with van der Waals surface area (Å²) in [5.41, 5.74) is 4.25. The minimum atomic E-state index is 0. The molecular weight excluding hydrogens is 287 g/mol. The summed E-state index contributed by atoms with van der Waals surface area (Å²) in [5, 5.41) is 0. The second-order valence-corrected chi connectivity index (χ2v) is 3.80. The zero-order chi connectivity index (χ0) is 10.6. The summed E-state index contributed by atoms with van der Waals surface area (Å²) in [5.74, 6) is 0.560. The molecule has 0 spiro atoms. The number of rotatable bonds is 0. The van der Waals surface area contributed by atoms with Crippen molar-refractivity contribution in [2.24, 2.45) is 5.92 Å². The van der Waals surface area contributed by atoms with Gasteiger partial charge in [-0.1, -0.05) is 26.7 Å². The Bertz CT molecular complexity index is 315. The van der Waals surface area contributed by atoms with Gasteiger partial charge >= 0.3 is 21.7 Å². The van der Waals surface area contributed by atoms with Gasteiger partial charge in [-0.15, -0.1) is 38.2 Å². The van der Waals surface area contributed by atoms with Crippen molar-refractivity contribution in [2.75, 3.05) is 0 Å². The zero-order valence-corrected chi connectivity index (χ0v) is 14.0. The first-order chi connectivity index (χ1) is 6.63. The fourth-order valence-corrected chi connectivity index (χ4v) is 1.50. The number of hydrogen-bond donors (Lipinski definition) is 0. The Kier molecular flexibility index (Phi) is 15.0. The van der Waals surface area contributed by atoms with Crippen molar-refractivity contribution in [1.82, 2.24) is 0 Å². The van der Waals surface area contributed by atoms with E-state index in [2.05, 4.69) is 45.9 Å². The van der Waals surface area contributed by atoms with E-state index in [0.29, 0.717) is 5.92 Å². The van der Waals surface area contributed by atoms with Crippen LogP contribution in [0.4, 0.5) is 0 Å². The van der Waals surface area contributed by atoms with Gasteiger partial charge in [0, 0.05) is 0 Å². The molecule has 0 bridgehead atoms. The quantitative estimate of drug-likeness (QED) is 0.442. The maximum atomic E-state index is 3.36. The average molecular weight is 307 g/mol. The third-order valence-corrected chi connectivity index (χ3v) is 2.82. The van der Waals surface area contributed by atoms with Crippen LogP contribution in [0, 0.1) is 18.1 Å². The van der Waals surface area contributed by atoms with Gasteiger partial charge in [0.15, 0.2) is 0 Å². The summed E-state index contributed by atoms with van der Waals surface area (Å²) >= 11 is 0. The van der Waals surface area contributed by atoms with Gasteiger partial charge in [0.1, 0.15) is 0 Å². The molecule has 2 aliphatic carbocycles. The zero-order valence-electron chi connectivity index (χ0n) is 10.8. The van der Waals surface area contributed by atoms with Crippen molar-refractivity contribution in [3.8, 4) is 0 Å². The molecule has 2 rings (SSSR count). The normalized spacial score (nSPS) is 19.5. The van der Waals surface area contributed by atoms with Crippen LogP contribution in [0.2, 0.25) is 0 Å². The van der Waals surface area contributed by atoms with Gasteiger partial charge in [0.2, 0.25) is 0 Å². The van der Waals surface area contributed by atoms with Crippen LogP contribution in [-0.2, 0) is 21.7 Å². The van der Waals surface area contributed by atoms with Crippen LogP contribution in [0.1, 0.15) is 34.1 Å². The van der Waals surface area contributed by atoms with Crippen LogP contribution in [-0.4, -0.2) is 0 Å². The molecule has 17 heavy (non-hydrogen) atoms. The number of halogens is 2. The second kappa shape index (κ2) is 11.4. The molecule has 0 N–H and O–H groups in total. The van der Waals surface area contributed by atoms with Crippen molar-refractivity contribution in [1.29, 1.82) is 0 Å². The Hall–Kier alpha value is 0.254. The first-order valence-corrected chi connectivity index (χ1v) is 5.12. The van der Waals surface area contributed by atoms with Crippen molar-refractivity contribution in [2.45, 2.75) is 34.1 Å². The fraction of sp³-hybridized carbons (Fsp3) is 0.429. The van der Waals surface area contributed by atoms with E-state index in [9.17, 15) is 0 Å². The van der Waals surface area contributed by atoms with Crippen molar-refractivity contribution in [3.63, 3.8) is 0 Å². The molecule has 0 fully saturated rings. The van der Waals surface area contributed by atoms with Crippen LogP contribution in [0.15, 0.2) is 34.9 Å². The number of allylic oxidation sites excluding steroid dienone is 8. The molecule has 0 heterocycles. The van der Waals surface area contributed by atoms with E-state index in [-0.39, 0.29) is 46.5 Å². The van der Waals surface area contributed by atoms with Crippen LogP contribution in [0.3, 0.4) is 0 Å². The maximum absolute atomic E-state index is 3.36. The van der Waals surface area contributed by atoms with E-state index in [4.69, 9.17) is 0 Å². The van der Waals surface area contributed by atoms with E-state index < -0.39 is 0 Å². The molecule has 0 saturated heterocycles. The molecule has 0 nitrogen and oxygen atoms in total. The Labute approximate surface area is 133 Å². The fourth-order valence-electron chi connectivity index (χ4n) is 1.50.